The Kier molecular flexibility index (Phi) is 4.32. The molecule has 1 aromatic carbocycles. The normalized spacial score (nSPS) is 21.1. The van der Waals surface area contributed by atoms with E-state index in [1.165, 1.54) is 31.2 Å². The van der Waals surface area contributed by atoms with E-state index in [0.717, 1.165) is 5.69 Å². The number of rotatable bonds is 3. The first-order chi connectivity index (χ1) is 10.7. The summed E-state index contributed by atoms with van der Waals surface area (Å²) in [5.41, 5.74) is 2.66. The van der Waals surface area contributed by atoms with Crippen LogP contribution in [-0.2, 0) is 9.53 Å². The predicted molar refractivity (Wildman–Crippen MR) is 85.0 cm³/mol. The Bertz CT molecular complexity index is 579. The molecule has 2 aliphatic rings. The summed E-state index contributed by atoms with van der Waals surface area (Å²) >= 11 is 0. The van der Waals surface area contributed by atoms with E-state index in [1.54, 1.807) is 6.92 Å². The highest BCUT2D eigenvalue weighted by Gasteiger charge is 2.33. The number of ether oxygens (including phenoxy) is 1. The molecule has 0 unspecified atom stereocenters. The highest BCUT2D eigenvalue weighted by atomic mass is 16.5. The molecule has 2 N–H and O–H groups in total. The van der Waals surface area contributed by atoms with E-state index in [4.69, 9.17) is 4.74 Å². The number of benzene rings is 1. The monoisotopic (exact) mass is 302 g/mol. The van der Waals surface area contributed by atoms with Gasteiger partial charge in [-0.1, -0.05) is 18.9 Å². The Morgan fingerprint density at radius 3 is 2.86 bits per heavy atom. The molecule has 1 aliphatic heterocycles. The average Bonchev–Trinajstić information content (AvgIpc) is 3.00. The van der Waals surface area contributed by atoms with Gasteiger partial charge in [-0.3, -0.25) is 10.1 Å². The lowest BCUT2D eigenvalue weighted by Gasteiger charge is -2.30. The minimum Gasteiger partial charge on any atom is -0.450 e. The third-order valence-corrected chi connectivity index (χ3v) is 4.62. The molecule has 0 aromatic heterocycles. The van der Waals surface area contributed by atoms with Crippen LogP contribution in [-0.4, -0.2) is 18.6 Å². The smallest absolute Gasteiger partial charge is 0.411 e. The molecule has 1 atom stereocenters. The molecule has 118 valence electrons. The van der Waals surface area contributed by atoms with Crippen molar-refractivity contribution in [3.63, 3.8) is 0 Å². The summed E-state index contributed by atoms with van der Waals surface area (Å²) in [5.74, 6) is 0.981. The summed E-state index contributed by atoms with van der Waals surface area (Å²) in [6.07, 6.45) is 5.04. The van der Waals surface area contributed by atoms with E-state index in [0.29, 0.717) is 30.6 Å². The molecule has 5 nitrogen and oxygen atoms in total. The zero-order valence-corrected chi connectivity index (χ0v) is 12.9. The van der Waals surface area contributed by atoms with Crippen molar-refractivity contribution in [1.82, 2.24) is 0 Å². The van der Waals surface area contributed by atoms with Crippen molar-refractivity contribution in [2.75, 3.05) is 17.2 Å². The van der Waals surface area contributed by atoms with E-state index in [9.17, 15) is 9.59 Å². The van der Waals surface area contributed by atoms with Crippen molar-refractivity contribution in [3.8, 4) is 0 Å². The molecule has 3 rings (SSSR count). The number of fused-ring (bicyclic) bond motifs is 1. The summed E-state index contributed by atoms with van der Waals surface area (Å²) in [6.45, 7) is 2.09. The van der Waals surface area contributed by atoms with Gasteiger partial charge in [0.25, 0.3) is 0 Å². The third kappa shape index (κ3) is 3.08. The Balaban J connectivity index is 1.82. The number of amides is 2. The first kappa shape index (κ1) is 14.9. The van der Waals surface area contributed by atoms with Crippen molar-refractivity contribution < 1.29 is 14.3 Å². The van der Waals surface area contributed by atoms with Gasteiger partial charge in [0.2, 0.25) is 5.91 Å². The molecule has 0 bridgehead atoms. The van der Waals surface area contributed by atoms with E-state index in [2.05, 4.69) is 10.6 Å². The molecule has 0 spiro atoms. The average molecular weight is 302 g/mol. The number of nitrogens with one attached hydrogen (secondary N) is 2. The number of anilines is 2. The van der Waals surface area contributed by atoms with Gasteiger partial charge < -0.3 is 10.1 Å². The quantitative estimate of drug-likeness (QED) is 0.890. The number of carbonyl (C=O) groups excluding carboxylic acids is 2. The standard InChI is InChI=1S/C17H22N2O3/c1-2-22-17(21)18-12-7-8-13-14(11-5-3-4-6-11)10-16(20)19-15(13)9-12/h7-9,11,14H,2-6,10H2,1H3,(H,18,21)(H,19,20)/t14-/m1/s1. The zero-order chi connectivity index (χ0) is 15.5. The van der Waals surface area contributed by atoms with Gasteiger partial charge in [0.15, 0.2) is 0 Å². The molecule has 1 saturated carbocycles. The van der Waals surface area contributed by atoms with Crippen LogP contribution < -0.4 is 10.6 Å². The maximum atomic E-state index is 12.0. The summed E-state index contributed by atoms with van der Waals surface area (Å²) < 4.78 is 4.88. The highest BCUT2D eigenvalue weighted by Crippen LogP contribution is 2.44. The van der Waals surface area contributed by atoms with Crippen LogP contribution in [0.2, 0.25) is 0 Å². The molecule has 5 heteroatoms. The molecule has 1 aromatic rings. The van der Waals surface area contributed by atoms with Gasteiger partial charge >= 0.3 is 6.09 Å². The van der Waals surface area contributed by atoms with Crippen LogP contribution in [0.15, 0.2) is 18.2 Å². The van der Waals surface area contributed by atoms with Crippen LogP contribution >= 0.6 is 0 Å². The summed E-state index contributed by atoms with van der Waals surface area (Å²) in [4.78, 5) is 23.5. The summed E-state index contributed by atoms with van der Waals surface area (Å²) in [5, 5.41) is 5.61. The molecule has 0 radical (unpaired) electrons. The van der Waals surface area contributed by atoms with Gasteiger partial charge in [0.05, 0.1) is 6.61 Å². The lowest BCUT2D eigenvalue weighted by molar-refractivity contribution is -0.117. The van der Waals surface area contributed by atoms with Crippen molar-refractivity contribution in [2.24, 2.45) is 5.92 Å². The van der Waals surface area contributed by atoms with Crippen LogP contribution in [0, 0.1) is 5.92 Å². The first-order valence-corrected chi connectivity index (χ1v) is 8.05. The topological polar surface area (TPSA) is 67.4 Å². The molecular weight excluding hydrogens is 280 g/mol. The van der Waals surface area contributed by atoms with E-state index >= 15 is 0 Å². The molecule has 2 amide bonds. The van der Waals surface area contributed by atoms with E-state index < -0.39 is 6.09 Å². The minimum absolute atomic E-state index is 0.0673. The largest absolute Gasteiger partial charge is 0.450 e. The van der Waals surface area contributed by atoms with Crippen molar-refractivity contribution >= 4 is 23.4 Å². The summed E-state index contributed by atoms with van der Waals surface area (Å²) in [7, 11) is 0. The molecule has 1 heterocycles. The third-order valence-electron chi connectivity index (χ3n) is 4.62. The number of hydrogen-bond acceptors (Lipinski definition) is 3. The van der Waals surface area contributed by atoms with E-state index in [1.807, 2.05) is 18.2 Å². The Hall–Kier alpha value is -2.04. The van der Waals surface area contributed by atoms with Crippen LogP contribution in [0.1, 0.15) is 50.5 Å². The lowest BCUT2D eigenvalue weighted by Crippen LogP contribution is -2.26. The first-order valence-electron chi connectivity index (χ1n) is 8.05. The van der Waals surface area contributed by atoms with Crippen LogP contribution in [0.5, 0.6) is 0 Å². The van der Waals surface area contributed by atoms with Crippen LogP contribution in [0.4, 0.5) is 16.2 Å². The Morgan fingerprint density at radius 2 is 2.14 bits per heavy atom. The summed E-state index contributed by atoms with van der Waals surface area (Å²) in [6, 6.07) is 5.74. The maximum absolute atomic E-state index is 12.0. The zero-order valence-electron chi connectivity index (χ0n) is 12.9. The van der Waals surface area contributed by atoms with Crippen LogP contribution in [0.3, 0.4) is 0 Å². The predicted octanol–water partition coefficient (Wildman–Crippen LogP) is 3.87. The van der Waals surface area contributed by atoms with Crippen molar-refractivity contribution in [1.29, 1.82) is 0 Å². The fraction of sp³-hybridized carbons (Fsp3) is 0.529. The Morgan fingerprint density at radius 1 is 1.36 bits per heavy atom. The Labute approximate surface area is 130 Å². The lowest BCUT2D eigenvalue weighted by atomic mass is 9.79. The second kappa shape index (κ2) is 6.38. The molecule has 1 fully saturated rings. The van der Waals surface area contributed by atoms with Gasteiger partial charge in [-0.25, -0.2) is 4.79 Å². The van der Waals surface area contributed by atoms with E-state index in [-0.39, 0.29) is 5.91 Å². The minimum atomic E-state index is -0.475. The van der Waals surface area contributed by atoms with Gasteiger partial charge in [-0.05, 0) is 49.3 Å². The second-order valence-corrected chi connectivity index (χ2v) is 6.05. The SMILES string of the molecule is CCOC(=O)Nc1ccc2c(c1)NC(=O)C[C@@H]2C1CCCC1. The highest BCUT2D eigenvalue weighted by molar-refractivity contribution is 5.96. The maximum Gasteiger partial charge on any atom is 0.411 e. The van der Waals surface area contributed by atoms with Crippen molar-refractivity contribution in [2.45, 2.75) is 44.9 Å². The number of carbonyl (C=O) groups is 2. The van der Waals surface area contributed by atoms with Gasteiger partial charge in [-0.15, -0.1) is 0 Å². The van der Waals surface area contributed by atoms with Gasteiger partial charge in [0, 0.05) is 17.8 Å². The fourth-order valence-electron chi connectivity index (χ4n) is 3.64. The molecule has 1 aliphatic carbocycles. The van der Waals surface area contributed by atoms with Gasteiger partial charge in [-0.2, -0.15) is 0 Å². The second-order valence-electron chi connectivity index (χ2n) is 6.05. The number of hydrogen-bond donors (Lipinski definition) is 2. The van der Waals surface area contributed by atoms with Crippen LogP contribution in [0.25, 0.3) is 0 Å². The molecule has 22 heavy (non-hydrogen) atoms. The fourth-order valence-corrected chi connectivity index (χ4v) is 3.64. The van der Waals surface area contributed by atoms with Gasteiger partial charge in [0.1, 0.15) is 0 Å². The molecule has 0 saturated heterocycles. The molecular formula is C17H22N2O3. The van der Waals surface area contributed by atoms with Crippen molar-refractivity contribution in [3.05, 3.63) is 23.8 Å².